The minimum Gasteiger partial charge on any atom is -0.507 e. The van der Waals surface area contributed by atoms with Crippen molar-refractivity contribution in [3.8, 4) is 5.75 Å². The van der Waals surface area contributed by atoms with Gasteiger partial charge in [0.05, 0.1) is 6.61 Å². The minimum absolute atomic E-state index is 0. The number of phenols is 1. The van der Waals surface area contributed by atoms with Gasteiger partial charge in [-0.3, -0.25) is 0 Å². The van der Waals surface area contributed by atoms with Gasteiger partial charge in [0.15, 0.2) is 0 Å². The van der Waals surface area contributed by atoms with Gasteiger partial charge in [-0.05, 0) is 18.6 Å². The Balaban J connectivity index is 0.00000676. The topological polar surface area (TPSA) is 46.5 Å². The molecule has 0 saturated heterocycles. The fourth-order valence-corrected chi connectivity index (χ4v) is 3.19. The van der Waals surface area contributed by atoms with Crippen LogP contribution in [0.5, 0.6) is 5.75 Å². The summed E-state index contributed by atoms with van der Waals surface area (Å²) in [4.78, 5) is 11.8. The molecule has 0 fully saturated rings. The van der Waals surface area contributed by atoms with Gasteiger partial charge in [-0.1, -0.05) is 103 Å². The average Bonchev–Trinajstić information content (AvgIpc) is 2.65. The number of carbonyl (C=O) groups excluding carboxylic acids is 1. The second-order valence-electron chi connectivity index (χ2n) is 7.25. The minimum atomic E-state index is -0.433. The van der Waals surface area contributed by atoms with Crippen LogP contribution in [0.1, 0.15) is 107 Å². The van der Waals surface area contributed by atoms with Crippen LogP contribution in [0.3, 0.4) is 0 Å². The largest absolute Gasteiger partial charge is 2.00 e. The van der Waals surface area contributed by atoms with Crippen molar-refractivity contribution in [2.45, 2.75) is 96.8 Å². The molecular formula is C23H38MgO3+2. The Morgan fingerprint density at radius 1 is 0.778 bits per heavy atom. The molecule has 0 aliphatic rings. The number of benzene rings is 1. The van der Waals surface area contributed by atoms with E-state index in [2.05, 4.69) is 6.92 Å². The molecule has 0 aliphatic heterocycles. The Kier molecular flexibility index (Phi) is 18.1. The second kappa shape index (κ2) is 18.6. The SMILES string of the molecule is CCCCCCCCCCCCCCCCOC(=O)c1ccccc1O.[Mg+2]. The molecule has 1 aromatic rings. The molecule has 1 aromatic carbocycles. The van der Waals surface area contributed by atoms with Gasteiger partial charge < -0.3 is 9.84 Å². The summed E-state index contributed by atoms with van der Waals surface area (Å²) in [5.74, 6) is -0.448. The van der Waals surface area contributed by atoms with Crippen LogP contribution in [0.25, 0.3) is 0 Å². The van der Waals surface area contributed by atoms with Crippen LogP contribution in [-0.2, 0) is 4.74 Å². The Morgan fingerprint density at radius 3 is 1.70 bits per heavy atom. The van der Waals surface area contributed by atoms with Crippen molar-refractivity contribution < 1.29 is 14.6 Å². The normalized spacial score (nSPS) is 10.4. The molecule has 0 radical (unpaired) electrons. The Morgan fingerprint density at radius 2 is 1.22 bits per heavy atom. The summed E-state index contributed by atoms with van der Waals surface area (Å²) in [6.45, 7) is 2.70. The summed E-state index contributed by atoms with van der Waals surface area (Å²) in [7, 11) is 0. The van der Waals surface area contributed by atoms with Crippen LogP contribution in [0.15, 0.2) is 24.3 Å². The van der Waals surface area contributed by atoms with E-state index in [1.807, 2.05) is 0 Å². The molecule has 0 aromatic heterocycles. The zero-order valence-corrected chi connectivity index (χ0v) is 18.8. The Hall–Kier alpha value is -0.744. The number of carbonyl (C=O) groups is 1. The molecule has 1 N–H and O–H groups in total. The number of aromatic hydroxyl groups is 1. The first-order valence-electron chi connectivity index (χ1n) is 10.7. The summed E-state index contributed by atoms with van der Waals surface area (Å²) in [6, 6.07) is 6.51. The van der Waals surface area contributed by atoms with Gasteiger partial charge in [0.2, 0.25) is 0 Å². The molecule has 0 heterocycles. The summed E-state index contributed by atoms with van der Waals surface area (Å²) < 4.78 is 5.22. The molecule has 148 valence electrons. The van der Waals surface area contributed by atoms with E-state index in [0.29, 0.717) is 6.61 Å². The second-order valence-corrected chi connectivity index (χ2v) is 7.25. The maximum atomic E-state index is 11.8. The zero-order chi connectivity index (χ0) is 18.9. The van der Waals surface area contributed by atoms with E-state index in [-0.39, 0.29) is 34.4 Å². The van der Waals surface area contributed by atoms with Gasteiger partial charge in [-0.2, -0.15) is 0 Å². The molecule has 0 spiro atoms. The molecule has 0 atom stereocenters. The van der Waals surface area contributed by atoms with E-state index in [0.717, 1.165) is 12.8 Å². The summed E-state index contributed by atoms with van der Waals surface area (Å²) >= 11 is 0. The first-order valence-corrected chi connectivity index (χ1v) is 10.7. The van der Waals surface area contributed by atoms with Crippen LogP contribution in [0.2, 0.25) is 0 Å². The molecule has 0 aliphatic carbocycles. The summed E-state index contributed by atoms with van der Waals surface area (Å²) in [5.41, 5.74) is 0.248. The van der Waals surface area contributed by atoms with Crippen LogP contribution < -0.4 is 0 Å². The van der Waals surface area contributed by atoms with Gasteiger partial charge >= 0.3 is 29.0 Å². The number of phenolic OH excluding ortho intramolecular Hbond substituents is 1. The number of unbranched alkanes of at least 4 members (excludes halogenated alkanes) is 13. The Labute approximate surface area is 182 Å². The van der Waals surface area contributed by atoms with E-state index >= 15 is 0 Å². The average molecular weight is 387 g/mol. The third-order valence-electron chi connectivity index (χ3n) is 4.86. The molecule has 3 nitrogen and oxygen atoms in total. The monoisotopic (exact) mass is 386 g/mol. The van der Waals surface area contributed by atoms with Crippen molar-refractivity contribution >= 4 is 29.0 Å². The predicted octanol–water partition coefficient (Wildman–Crippen LogP) is 6.65. The number of rotatable bonds is 16. The van der Waals surface area contributed by atoms with E-state index in [1.165, 1.54) is 83.1 Å². The van der Waals surface area contributed by atoms with Crippen LogP contribution in [0, 0.1) is 0 Å². The smallest absolute Gasteiger partial charge is 0.507 e. The fraction of sp³-hybridized carbons (Fsp3) is 0.696. The first kappa shape index (κ1) is 26.3. The number of para-hydroxylation sites is 1. The zero-order valence-electron chi connectivity index (χ0n) is 17.4. The van der Waals surface area contributed by atoms with Gasteiger partial charge in [0.25, 0.3) is 0 Å². The third kappa shape index (κ3) is 14.0. The fourth-order valence-electron chi connectivity index (χ4n) is 3.19. The summed E-state index contributed by atoms with van der Waals surface area (Å²) in [5, 5.41) is 9.61. The molecule has 0 amide bonds. The van der Waals surface area contributed by atoms with Crippen molar-refractivity contribution in [3.05, 3.63) is 29.8 Å². The molecule has 4 heteroatoms. The number of hydrogen-bond acceptors (Lipinski definition) is 3. The van der Waals surface area contributed by atoms with E-state index in [1.54, 1.807) is 18.2 Å². The van der Waals surface area contributed by atoms with Crippen molar-refractivity contribution in [2.24, 2.45) is 0 Å². The molecular weight excluding hydrogens is 349 g/mol. The van der Waals surface area contributed by atoms with Gasteiger partial charge in [-0.25, -0.2) is 4.79 Å². The van der Waals surface area contributed by atoms with Gasteiger partial charge in [-0.15, -0.1) is 0 Å². The van der Waals surface area contributed by atoms with E-state index in [4.69, 9.17) is 4.74 Å². The molecule has 0 bridgehead atoms. The maximum absolute atomic E-state index is 11.8. The number of ether oxygens (including phenoxy) is 1. The number of esters is 1. The molecule has 0 saturated carbocycles. The van der Waals surface area contributed by atoms with Crippen molar-refractivity contribution in [1.82, 2.24) is 0 Å². The third-order valence-corrected chi connectivity index (χ3v) is 4.86. The molecule has 27 heavy (non-hydrogen) atoms. The van der Waals surface area contributed by atoms with Crippen molar-refractivity contribution in [1.29, 1.82) is 0 Å². The maximum Gasteiger partial charge on any atom is 2.00 e. The molecule has 0 unspecified atom stereocenters. The summed E-state index contributed by atoms with van der Waals surface area (Å²) in [6.07, 6.45) is 18.3. The predicted molar refractivity (Wildman–Crippen MR) is 114 cm³/mol. The first-order chi connectivity index (χ1) is 12.8. The van der Waals surface area contributed by atoms with E-state index in [9.17, 15) is 9.90 Å². The quantitative estimate of drug-likeness (QED) is 0.196. The van der Waals surface area contributed by atoms with Crippen molar-refractivity contribution in [3.63, 3.8) is 0 Å². The standard InChI is InChI=1S/C23H38O3.Mg/c1-2-3-4-5-6-7-8-9-10-11-12-13-14-17-20-26-23(25)21-18-15-16-19-22(21)24;/h15-16,18-19,24H,2-14,17,20H2,1H3;/q;+2. The van der Waals surface area contributed by atoms with E-state index < -0.39 is 5.97 Å². The van der Waals surface area contributed by atoms with Crippen LogP contribution >= 0.6 is 0 Å². The molecule has 1 rings (SSSR count). The van der Waals surface area contributed by atoms with Crippen LogP contribution in [-0.4, -0.2) is 40.7 Å². The Bertz CT molecular complexity index is 476. The van der Waals surface area contributed by atoms with Gasteiger partial charge in [0.1, 0.15) is 11.3 Å². The number of hydrogen-bond donors (Lipinski definition) is 1. The van der Waals surface area contributed by atoms with Crippen molar-refractivity contribution in [2.75, 3.05) is 6.61 Å². The van der Waals surface area contributed by atoms with Gasteiger partial charge in [0, 0.05) is 0 Å². The van der Waals surface area contributed by atoms with Crippen LogP contribution in [0.4, 0.5) is 0 Å².